The van der Waals surface area contributed by atoms with Gasteiger partial charge in [-0.3, -0.25) is 4.79 Å². The monoisotopic (exact) mass is 233 g/mol. The molecule has 0 aromatic heterocycles. The molecule has 0 heterocycles. The van der Waals surface area contributed by atoms with Crippen molar-refractivity contribution in [3.63, 3.8) is 0 Å². The highest BCUT2D eigenvalue weighted by Gasteiger charge is 2.14. The highest BCUT2D eigenvalue weighted by molar-refractivity contribution is 5.75. The SMILES string of the molecule is CCOC(=O)Cc1c(C#N)cc(C)cc1OC. The number of ether oxygens (including phenoxy) is 2. The number of aryl methyl sites for hydroxylation is 1. The van der Waals surface area contributed by atoms with Crippen molar-refractivity contribution in [2.24, 2.45) is 0 Å². The molecule has 1 aromatic carbocycles. The molecule has 0 spiro atoms. The van der Waals surface area contributed by atoms with Gasteiger partial charge in [-0.1, -0.05) is 0 Å². The van der Waals surface area contributed by atoms with Crippen LogP contribution in [0.15, 0.2) is 12.1 Å². The number of nitrogens with zero attached hydrogens (tertiary/aromatic N) is 1. The van der Waals surface area contributed by atoms with Crippen LogP contribution in [0.5, 0.6) is 5.75 Å². The Morgan fingerprint density at radius 1 is 1.47 bits per heavy atom. The minimum Gasteiger partial charge on any atom is -0.496 e. The van der Waals surface area contributed by atoms with E-state index in [4.69, 9.17) is 14.7 Å². The Labute approximate surface area is 101 Å². The van der Waals surface area contributed by atoms with Gasteiger partial charge in [0.05, 0.1) is 31.8 Å². The largest absolute Gasteiger partial charge is 0.496 e. The zero-order valence-electron chi connectivity index (χ0n) is 10.2. The molecule has 17 heavy (non-hydrogen) atoms. The number of benzene rings is 1. The third kappa shape index (κ3) is 3.22. The molecule has 0 amide bonds. The third-order valence-electron chi connectivity index (χ3n) is 2.32. The minimum atomic E-state index is -0.355. The molecule has 0 N–H and O–H groups in total. The van der Waals surface area contributed by atoms with E-state index >= 15 is 0 Å². The molecule has 1 aromatic rings. The number of hydrogen-bond acceptors (Lipinski definition) is 4. The van der Waals surface area contributed by atoms with Crippen molar-refractivity contribution < 1.29 is 14.3 Å². The van der Waals surface area contributed by atoms with Gasteiger partial charge in [-0.25, -0.2) is 0 Å². The van der Waals surface area contributed by atoms with E-state index in [0.717, 1.165) is 5.56 Å². The molecule has 0 atom stereocenters. The van der Waals surface area contributed by atoms with E-state index in [2.05, 4.69) is 6.07 Å². The summed E-state index contributed by atoms with van der Waals surface area (Å²) in [4.78, 5) is 11.4. The molecule has 4 heteroatoms. The summed E-state index contributed by atoms with van der Waals surface area (Å²) in [6.07, 6.45) is 0.0557. The van der Waals surface area contributed by atoms with Crippen LogP contribution >= 0.6 is 0 Å². The van der Waals surface area contributed by atoms with E-state index in [9.17, 15) is 4.79 Å². The molecule has 0 aliphatic rings. The smallest absolute Gasteiger partial charge is 0.310 e. The fourth-order valence-corrected chi connectivity index (χ4v) is 1.60. The number of hydrogen-bond donors (Lipinski definition) is 0. The normalized spacial score (nSPS) is 9.53. The Bertz CT molecular complexity index is 460. The second-order valence-electron chi connectivity index (χ2n) is 3.59. The highest BCUT2D eigenvalue weighted by atomic mass is 16.5. The summed E-state index contributed by atoms with van der Waals surface area (Å²) < 4.78 is 10.1. The van der Waals surface area contributed by atoms with Crippen molar-refractivity contribution in [1.82, 2.24) is 0 Å². The molecule has 0 aliphatic heterocycles. The summed E-state index contributed by atoms with van der Waals surface area (Å²) in [6.45, 7) is 3.95. The highest BCUT2D eigenvalue weighted by Crippen LogP contribution is 2.25. The first-order valence-corrected chi connectivity index (χ1v) is 5.35. The molecule has 0 saturated carbocycles. The van der Waals surface area contributed by atoms with Gasteiger partial charge in [0.25, 0.3) is 0 Å². The van der Waals surface area contributed by atoms with Crippen molar-refractivity contribution in [2.45, 2.75) is 20.3 Å². The fraction of sp³-hybridized carbons (Fsp3) is 0.385. The van der Waals surface area contributed by atoms with Crippen molar-refractivity contribution in [1.29, 1.82) is 5.26 Å². The molecule has 1 rings (SSSR count). The van der Waals surface area contributed by atoms with Crippen LogP contribution in [0, 0.1) is 18.3 Å². The molecular formula is C13H15NO3. The lowest BCUT2D eigenvalue weighted by Gasteiger charge is -2.11. The van der Waals surface area contributed by atoms with Crippen LogP contribution in [0.3, 0.4) is 0 Å². The molecule has 0 fully saturated rings. The second-order valence-corrected chi connectivity index (χ2v) is 3.59. The maximum absolute atomic E-state index is 11.4. The first kappa shape index (κ1) is 13.0. The fourth-order valence-electron chi connectivity index (χ4n) is 1.60. The number of carbonyl (C=O) groups excluding carboxylic acids is 1. The number of carbonyl (C=O) groups is 1. The Morgan fingerprint density at radius 3 is 2.71 bits per heavy atom. The van der Waals surface area contributed by atoms with E-state index in [1.807, 2.05) is 6.92 Å². The van der Waals surface area contributed by atoms with E-state index in [-0.39, 0.29) is 12.4 Å². The molecule has 0 radical (unpaired) electrons. The molecule has 0 unspecified atom stereocenters. The third-order valence-corrected chi connectivity index (χ3v) is 2.32. The Hall–Kier alpha value is -2.02. The molecule has 4 nitrogen and oxygen atoms in total. The van der Waals surface area contributed by atoms with Crippen molar-refractivity contribution in [3.05, 3.63) is 28.8 Å². The van der Waals surface area contributed by atoms with Gasteiger partial charge in [0.15, 0.2) is 0 Å². The minimum absolute atomic E-state index is 0.0557. The van der Waals surface area contributed by atoms with Crippen molar-refractivity contribution in [3.8, 4) is 11.8 Å². The summed E-state index contributed by atoms with van der Waals surface area (Å²) in [5.41, 5.74) is 1.96. The number of rotatable bonds is 4. The first-order chi connectivity index (χ1) is 8.12. The number of esters is 1. The summed E-state index contributed by atoms with van der Waals surface area (Å²) >= 11 is 0. The standard InChI is InChI=1S/C13H15NO3/c1-4-17-13(15)7-11-10(8-14)5-9(2)6-12(11)16-3/h5-6H,4,7H2,1-3H3. The zero-order chi connectivity index (χ0) is 12.8. The lowest BCUT2D eigenvalue weighted by Crippen LogP contribution is -2.10. The van der Waals surface area contributed by atoms with Crippen LogP contribution in [-0.2, 0) is 16.0 Å². The van der Waals surface area contributed by atoms with E-state index in [0.29, 0.717) is 23.5 Å². The van der Waals surface area contributed by atoms with Crippen LogP contribution in [0.4, 0.5) is 0 Å². The second kappa shape index (κ2) is 5.90. The van der Waals surface area contributed by atoms with Crippen molar-refractivity contribution in [2.75, 3.05) is 13.7 Å². The predicted octanol–water partition coefficient (Wildman–Crippen LogP) is 1.98. The van der Waals surface area contributed by atoms with Gasteiger partial charge in [0.1, 0.15) is 5.75 Å². The molecule has 90 valence electrons. The first-order valence-electron chi connectivity index (χ1n) is 5.35. The van der Waals surface area contributed by atoms with Gasteiger partial charge in [-0.2, -0.15) is 5.26 Å². The van der Waals surface area contributed by atoms with Gasteiger partial charge >= 0.3 is 5.97 Å². The summed E-state index contributed by atoms with van der Waals surface area (Å²) in [6, 6.07) is 5.61. The van der Waals surface area contributed by atoms with E-state index in [1.54, 1.807) is 19.1 Å². The Kier molecular flexibility index (Phi) is 4.53. The van der Waals surface area contributed by atoms with Gasteiger partial charge in [0, 0.05) is 5.56 Å². The van der Waals surface area contributed by atoms with Crippen LogP contribution in [0.1, 0.15) is 23.6 Å². The van der Waals surface area contributed by atoms with Crippen LogP contribution < -0.4 is 4.74 Å². The van der Waals surface area contributed by atoms with Crippen LogP contribution in [0.25, 0.3) is 0 Å². The topological polar surface area (TPSA) is 59.3 Å². The van der Waals surface area contributed by atoms with Crippen LogP contribution in [-0.4, -0.2) is 19.7 Å². The lowest BCUT2D eigenvalue weighted by molar-refractivity contribution is -0.142. The summed E-state index contributed by atoms with van der Waals surface area (Å²) in [7, 11) is 1.52. The molecule has 0 bridgehead atoms. The van der Waals surface area contributed by atoms with E-state index < -0.39 is 0 Å². The zero-order valence-corrected chi connectivity index (χ0v) is 10.2. The van der Waals surface area contributed by atoms with E-state index in [1.165, 1.54) is 7.11 Å². The maximum Gasteiger partial charge on any atom is 0.310 e. The Balaban J connectivity index is 3.12. The number of nitriles is 1. The predicted molar refractivity (Wildman–Crippen MR) is 62.8 cm³/mol. The Morgan fingerprint density at radius 2 is 2.18 bits per heavy atom. The molecular weight excluding hydrogens is 218 g/mol. The lowest BCUT2D eigenvalue weighted by atomic mass is 10.0. The van der Waals surface area contributed by atoms with Gasteiger partial charge in [-0.05, 0) is 31.5 Å². The summed E-state index contributed by atoms with van der Waals surface area (Å²) in [5.74, 6) is 0.195. The molecule has 0 saturated heterocycles. The van der Waals surface area contributed by atoms with Gasteiger partial charge in [0.2, 0.25) is 0 Å². The quantitative estimate of drug-likeness (QED) is 0.746. The van der Waals surface area contributed by atoms with Gasteiger partial charge < -0.3 is 9.47 Å². The van der Waals surface area contributed by atoms with Gasteiger partial charge in [-0.15, -0.1) is 0 Å². The summed E-state index contributed by atoms with van der Waals surface area (Å²) in [5, 5.41) is 9.05. The average molecular weight is 233 g/mol. The van der Waals surface area contributed by atoms with Crippen molar-refractivity contribution >= 4 is 5.97 Å². The number of methoxy groups -OCH3 is 1. The average Bonchev–Trinajstić information content (AvgIpc) is 2.31. The maximum atomic E-state index is 11.4. The van der Waals surface area contributed by atoms with Crippen LogP contribution in [0.2, 0.25) is 0 Å². The molecule has 0 aliphatic carbocycles.